The van der Waals surface area contributed by atoms with Crippen molar-refractivity contribution in [3.05, 3.63) is 34.7 Å². The molecule has 1 aromatic heterocycles. The lowest BCUT2D eigenvalue weighted by Gasteiger charge is -1.98. The molecule has 0 spiro atoms. The quantitative estimate of drug-likeness (QED) is 0.796. The molecule has 16 heavy (non-hydrogen) atoms. The maximum atomic E-state index is 5.74. The van der Waals surface area contributed by atoms with Crippen LogP contribution in [0.2, 0.25) is 0 Å². The predicted molar refractivity (Wildman–Crippen MR) is 69.3 cm³/mol. The summed E-state index contributed by atoms with van der Waals surface area (Å²) in [6.45, 7) is 0.715. The fraction of sp³-hybridized carbons (Fsp3) is 0.250. The van der Waals surface area contributed by atoms with Crippen LogP contribution < -0.4 is 11.5 Å². The van der Waals surface area contributed by atoms with Crippen molar-refractivity contribution in [1.29, 1.82) is 0 Å². The topological polar surface area (TPSA) is 64.9 Å². The van der Waals surface area contributed by atoms with Crippen molar-refractivity contribution >= 4 is 17.0 Å². The molecular formula is C12H15N3S. The SMILES string of the molecule is NCCCc1nc(-c2cccc(N)c2)cs1. The lowest BCUT2D eigenvalue weighted by Crippen LogP contribution is -1.99. The van der Waals surface area contributed by atoms with Crippen molar-refractivity contribution in [3.8, 4) is 11.3 Å². The molecule has 2 aromatic rings. The van der Waals surface area contributed by atoms with Crippen LogP contribution in [-0.2, 0) is 6.42 Å². The number of nitrogens with two attached hydrogens (primary N) is 2. The van der Waals surface area contributed by atoms with E-state index in [2.05, 4.69) is 10.4 Å². The average molecular weight is 233 g/mol. The number of hydrogen-bond acceptors (Lipinski definition) is 4. The first-order chi connectivity index (χ1) is 7.79. The molecule has 0 bridgehead atoms. The predicted octanol–water partition coefficient (Wildman–Crippen LogP) is 2.28. The van der Waals surface area contributed by atoms with Gasteiger partial charge in [-0.1, -0.05) is 12.1 Å². The second-order valence-electron chi connectivity index (χ2n) is 3.64. The third kappa shape index (κ3) is 2.59. The van der Waals surface area contributed by atoms with Gasteiger partial charge in [-0.3, -0.25) is 0 Å². The summed E-state index contributed by atoms with van der Waals surface area (Å²) in [6.07, 6.45) is 1.95. The van der Waals surface area contributed by atoms with E-state index in [0.29, 0.717) is 6.54 Å². The standard InChI is InChI=1S/C12H15N3S/c13-6-2-5-12-15-11(8-16-12)9-3-1-4-10(14)7-9/h1,3-4,7-8H,2,5-6,13-14H2. The molecular weight excluding hydrogens is 218 g/mol. The lowest BCUT2D eigenvalue weighted by atomic mass is 10.1. The Balaban J connectivity index is 2.18. The van der Waals surface area contributed by atoms with Crippen LogP contribution in [0.5, 0.6) is 0 Å². The van der Waals surface area contributed by atoms with Gasteiger partial charge in [-0.25, -0.2) is 4.98 Å². The second-order valence-corrected chi connectivity index (χ2v) is 4.59. The van der Waals surface area contributed by atoms with E-state index in [9.17, 15) is 0 Å². The van der Waals surface area contributed by atoms with Gasteiger partial charge in [-0.05, 0) is 25.1 Å². The largest absolute Gasteiger partial charge is 0.399 e. The van der Waals surface area contributed by atoms with Gasteiger partial charge >= 0.3 is 0 Å². The highest BCUT2D eigenvalue weighted by Gasteiger charge is 2.04. The Bertz CT molecular complexity index is 465. The number of benzene rings is 1. The summed E-state index contributed by atoms with van der Waals surface area (Å²) in [7, 11) is 0. The van der Waals surface area contributed by atoms with E-state index in [-0.39, 0.29) is 0 Å². The van der Waals surface area contributed by atoms with Crippen LogP contribution in [0, 0.1) is 0 Å². The Labute approximate surface area is 99.1 Å². The molecule has 0 amide bonds. The van der Waals surface area contributed by atoms with E-state index in [4.69, 9.17) is 11.5 Å². The summed E-state index contributed by atoms with van der Waals surface area (Å²) in [5.41, 5.74) is 14.1. The molecule has 0 saturated heterocycles. The minimum atomic E-state index is 0.715. The van der Waals surface area contributed by atoms with Crippen LogP contribution in [0.15, 0.2) is 29.6 Å². The molecule has 0 aliphatic rings. The molecule has 84 valence electrons. The highest BCUT2D eigenvalue weighted by atomic mass is 32.1. The molecule has 2 rings (SSSR count). The zero-order valence-electron chi connectivity index (χ0n) is 9.02. The maximum absolute atomic E-state index is 5.74. The van der Waals surface area contributed by atoms with Gasteiger partial charge in [0, 0.05) is 23.1 Å². The Kier molecular flexibility index (Phi) is 3.54. The van der Waals surface area contributed by atoms with Crippen molar-refractivity contribution in [2.45, 2.75) is 12.8 Å². The van der Waals surface area contributed by atoms with E-state index >= 15 is 0 Å². The van der Waals surface area contributed by atoms with E-state index in [1.165, 1.54) is 0 Å². The Hall–Kier alpha value is -1.39. The van der Waals surface area contributed by atoms with Crippen LogP contribution in [0.1, 0.15) is 11.4 Å². The molecule has 0 radical (unpaired) electrons. The highest BCUT2D eigenvalue weighted by Crippen LogP contribution is 2.23. The van der Waals surface area contributed by atoms with Gasteiger partial charge in [0.2, 0.25) is 0 Å². The molecule has 0 saturated carbocycles. The van der Waals surface area contributed by atoms with Crippen molar-refractivity contribution in [2.75, 3.05) is 12.3 Å². The van der Waals surface area contributed by atoms with Gasteiger partial charge < -0.3 is 11.5 Å². The number of hydrogen-bond donors (Lipinski definition) is 2. The normalized spacial score (nSPS) is 10.6. The summed E-state index contributed by atoms with van der Waals surface area (Å²) in [5.74, 6) is 0. The van der Waals surface area contributed by atoms with Crippen LogP contribution in [0.4, 0.5) is 5.69 Å². The first-order valence-corrected chi connectivity index (χ1v) is 6.18. The molecule has 1 aromatic carbocycles. The summed E-state index contributed by atoms with van der Waals surface area (Å²) < 4.78 is 0. The molecule has 3 nitrogen and oxygen atoms in total. The smallest absolute Gasteiger partial charge is 0.0933 e. The van der Waals surface area contributed by atoms with Gasteiger partial charge in [0.25, 0.3) is 0 Å². The number of nitrogens with zero attached hydrogens (tertiary/aromatic N) is 1. The van der Waals surface area contributed by atoms with Gasteiger partial charge in [0.15, 0.2) is 0 Å². The maximum Gasteiger partial charge on any atom is 0.0933 e. The van der Waals surface area contributed by atoms with Crippen LogP contribution in [0.25, 0.3) is 11.3 Å². The fourth-order valence-electron chi connectivity index (χ4n) is 1.51. The number of aromatic nitrogens is 1. The van der Waals surface area contributed by atoms with Crippen LogP contribution in [-0.4, -0.2) is 11.5 Å². The summed E-state index contributed by atoms with van der Waals surface area (Å²) >= 11 is 1.68. The number of anilines is 1. The van der Waals surface area contributed by atoms with Gasteiger partial charge in [-0.15, -0.1) is 11.3 Å². The van der Waals surface area contributed by atoms with Gasteiger partial charge in [0.1, 0.15) is 0 Å². The minimum Gasteiger partial charge on any atom is -0.399 e. The van der Waals surface area contributed by atoms with E-state index in [0.717, 1.165) is 34.8 Å². The van der Waals surface area contributed by atoms with Crippen molar-refractivity contribution in [3.63, 3.8) is 0 Å². The molecule has 4 heteroatoms. The monoisotopic (exact) mass is 233 g/mol. The first-order valence-electron chi connectivity index (χ1n) is 5.30. The fourth-order valence-corrected chi connectivity index (χ4v) is 2.36. The number of nitrogen functional groups attached to an aromatic ring is 1. The van der Waals surface area contributed by atoms with Gasteiger partial charge in [0.05, 0.1) is 10.7 Å². The molecule has 1 heterocycles. The Morgan fingerprint density at radius 3 is 2.94 bits per heavy atom. The van der Waals surface area contributed by atoms with Crippen molar-refractivity contribution < 1.29 is 0 Å². The zero-order chi connectivity index (χ0) is 11.4. The van der Waals surface area contributed by atoms with E-state index in [1.54, 1.807) is 11.3 Å². The van der Waals surface area contributed by atoms with Crippen molar-refractivity contribution in [1.82, 2.24) is 4.98 Å². The van der Waals surface area contributed by atoms with E-state index < -0.39 is 0 Å². The van der Waals surface area contributed by atoms with Crippen LogP contribution in [0.3, 0.4) is 0 Å². The lowest BCUT2D eigenvalue weighted by molar-refractivity contribution is 0.827. The number of rotatable bonds is 4. The van der Waals surface area contributed by atoms with Crippen LogP contribution >= 0.6 is 11.3 Å². The Morgan fingerprint density at radius 2 is 2.19 bits per heavy atom. The number of aryl methyl sites for hydroxylation is 1. The molecule has 0 aliphatic heterocycles. The molecule has 0 fully saturated rings. The Morgan fingerprint density at radius 1 is 1.31 bits per heavy atom. The average Bonchev–Trinajstić information content (AvgIpc) is 2.75. The molecule has 0 aliphatic carbocycles. The van der Waals surface area contributed by atoms with Crippen molar-refractivity contribution in [2.24, 2.45) is 5.73 Å². The van der Waals surface area contributed by atoms with Gasteiger partial charge in [-0.2, -0.15) is 0 Å². The molecule has 0 unspecified atom stereocenters. The molecule has 0 atom stereocenters. The molecule has 4 N–H and O–H groups in total. The highest BCUT2D eigenvalue weighted by molar-refractivity contribution is 7.09. The third-order valence-corrected chi connectivity index (χ3v) is 3.24. The second kappa shape index (κ2) is 5.09. The summed E-state index contributed by atoms with van der Waals surface area (Å²) in [4.78, 5) is 4.57. The van der Waals surface area contributed by atoms with E-state index in [1.807, 2.05) is 24.3 Å². The summed E-state index contributed by atoms with van der Waals surface area (Å²) in [5, 5.41) is 3.21. The summed E-state index contributed by atoms with van der Waals surface area (Å²) in [6, 6.07) is 7.80. The zero-order valence-corrected chi connectivity index (χ0v) is 9.83. The first kappa shape index (κ1) is 11.1. The number of thiazole rings is 1. The minimum absolute atomic E-state index is 0.715. The third-order valence-electron chi connectivity index (χ3n) is 2.33.